The van der Waals surface area contributed by atoms with E-state index in [0.29, 0.717) is 5.92 Å². The summed E-state index contributed by atoms with van der Waals surface area (Å²) in [6, 6.07) is 11.0. The Morgan fingerprint density at radius 1 is 1.13 bits per heavy atom. The maximum atomic E-state index is 2.26. The van der Waals surface area contributed by atoms with Gasteiger partial charge in [-0.25, -0.2) is 0 Å². The Morgan fingerprint density at radius 2 is 1.93 bits per heavy atom. The highest BCUT2D eigenvalue weighted by Crippen LogP contribution is 2.33. The molecule has 1 heteroatoms. The lowest BCUT2D eigenvalue weighted by molar-refractivity contribution is 0.891. The van der Waals surface area contributed by atoms with E-state index in [0.717, 1.165) is 0 Å². The van der Waals surface area contributed by atoms with Gasteiger partial charge in [0.1, 0.15) is 0 Å². The zero-order valence-corrected chi connectivity index (χ0v) is 10.3. The van der Waals surface area contributed by atoms with Crippen molar-refractivity contribution in [3.63, 3.8) is 0 Å². The normalized spacial score (nSPS) is 10.9. The molecule has 0 N–H and O–H groups in total. The van der Waals surface area contributed by atoms with Gasteiger partial charge in [0.15, 0.2) is 0 Å². The second-order valence-electron chi connectivity index (χ2n) is 4.22. The first kappa shape index (κ1) is 10.4. The standard InChI is InChI=1S/C14H16S/c1-10(2)14-13(7-8-15-14)12-6-4-5-11(3)9-12/h4-10H,1-3H3. The number of rotatable bonds is 2. The van der Waals surface area contributed by atoms with Crippen LogP contribution in [-0.4, -0.2) is 0 Å². The largest absolute Gasteiger partial charge is 0.148 e. The third-order valence-electron chi connectivity index (χ3n) is 2.55. The van der Waals surface area contributed by atoms with Gasteiger partial charge in [-0.1, -0.05) is 43.7 Å². The molecule has 0 bridgehead atoms. The topological polar surface area (TPSA) is 0 Å². The maximum absolute atomic E-state index is 2.26. The van der Waals surface area contributed by atoms with Gasteiger partial charge in [-0.3, -0.25) is 0 Å². The monoisotopic (exact) mass is 216 g/mol. The second-order valence-corrected chi connectivity index (χ2v) is 5.17. The molecule has 78 valence electrons. The molecule has 0 aliphatic carbocycles. The van der Waals surface area contributed by atoms with Crippen LogP contribution < -0.4 is 0 Å². The van der Waals surface area contributed by atoms with Gasteiger partial charge in [0.05, 0.1) is 0 Å². The predicted molar refractivity (Wildman–Crippen MR) is 68.6 cm³/mol. The lowest BCUT2D eigenvalue weighted by Gasteiger charge is -2.07. The maximum Gasteiger partial charge on any atom is 0.0149 e. The van der Waals surface area contributed by atoms with E-state index >= 15 is 0 Å². The molecule has 0 spiro atoms. The smallest absolute Gasteiger partial charge is 0.0149 e. The molecule has 0 aliphatic heterocycles. The molecule has 1 aromatic heterocycles. The van der Waals surface area contributed by atoms with E-state index in [-0.39, 0.29) is 0 Å². The van der Waals surface area contributed by atoms with Gasteiger partial charge in [-0.05, 0) is 35.4 Å². The summed E-state index contributed by atoms with van der Waals surface area (Å²) in [4.78, 5) is 1.49. The van der Waals surface area contributed by atoms with Crippen LogP contribution in [0.25, 0.3) is 11.1 Å². The molecule has 0 saturated heterocycles. The molecule has 1 aromatic carbocycles. The van der Waals surface area contributed by atoms with E-state index < -0.39 is 0 Å². The number of hydrogen-bond acceptors (Lipinski definition) is 1. The summed E-state index contributed by atoms with van der Waals surface area (Å²) in [7, 11) is 0. The summed E-state index contributed by atoms with van der Waals surface area (Å²) in [5, 5.41) is 2.19. The van der Waals surface area contributed by atoms with Crippen molar-refractivity contribution in [2.75, 3.05) is 0 Å². The van der Waals surface area contributed by atoms with Gasteiger partial charge in [0.25, 0.3) is 0 Å². The van der Waals surface area contributed by atoms with Crippen LogP contribution in [0.5, 0.6) is 0 Å². The molecular formula is C14H16S. The van der Waals surface area contributed by atoms with Crippen molar-refractivity contribution in [3.8, 4) is 11.1 Å². The van der Waals surface area contributed by atoms with Crippen LogP contribution in [0.2, 0.25) is 0 Å². The highest BCUT2D eigenvalue weighted by Gasteiger charge is 2.09. The first-order valence-corrected chi connectivity index (χ1v) is 6.21. The van der Waals surface area contributed by atoms with E-state index in [1.165, 1.54) is 21.6 Å². The molecule has 0 fully saturated rings. The molecule has 0 aliphatic rings. The Bertz CT molecular complexity index is 452. The van der Waals surface area contributed by atoms with Crippen molar-refractivity contribution in [2.45, 2.75) is 26.7 Å². The summed E-state index contributed by atoms with van der Waals surface area (Å²) in [5.74, 6) is 0.612. The summed E-state index contributed by atoms with van der Waals surface area (Å²) in [5.41, 5.74) is 4.08. The van der Waals surface area contributed by atoms with Crippen molar-refractivity contribution >= 4 is 11.3 Å². The fourth-order valence-electron chi connectivity index (χ4n) is 1.82. The summed E-state index contributed by atoms with van der Waals surface area (Å²) < 4.78 is 0. The lowest BCUT2D eigenvalue weighted by Crippen LogP contribution is -1.86. The van der Waals surface area contributed by atoms with Crippen LogP contribution in [0.1, 0.15) is 30.2 Å². The zero-order valence-electron chi connectivity index (χ0n) is 9.45. The van der Waals surface area contributed by atoms with E-state index in [2.05, 4.69) is 56.5 Å². The molecule has 0 radical (unpaired) electrons. The first-order valence-electron chi connectivity index (χ1n) is 5.33. The van der Waals surface area contributed by atoms with Crippen molar-refractivity contribution < 1.29 is 0 Å². The molecule has 1 heterocycles. The average molecular weight is 216 g/mol. The van der Waals surface area contributed by atoms with Crippen LogP contribution in [0.15, 0.2) is 35.7 Å². The molecule has 0 unspecified atom stereocenters. The molecule has 0 amide bonds. The van der Waals surface area contributed by atoms with Crippen LogP contribution in [0.4, 0.5) is 0 Å². The number of benzene rings is 1. The van der Waals surface area contributed by atoms with Gasteiger partial charge in [0.2, 0.25) is 0 Å². The van der Waals surface area contributed by atoms with Crippen LogP contribution in [0.3, 0.4) is 0 Å². The first-order chi connectivity index (χ1) is 7.18. The average Bonchev–Trinajstić information content (AvgIpc) is 2.65. The minimum Gasteiger partial charge on any atom is -0.148 e. The molecular weight excluding hydrogens is 200 g/mol. The number of aryl methyl sites for hydroxylation is 1. The minimum atomic E-state index is 0.612. The van der Waals surface area contributed by atoms with Crippen LogP contribution >= 0.6 is 11.3 Å². The molecule has 0 atom stereocenters. The zero-order chi connectivity index (χ0) is 10.8. The molecule has 0 nitrogen and oxygen atoms in total. The van der Waals surface area contributed by atoms with Crippen molar-refractivity contribution in [1.82, 2.24) is 0 Å². The Hall–Kier alpha value is -1.08. The van der Waals surface area contributed by atoms with Crippen LogP contribution in [0, 0.1) is 6.92 Å². The van der Waals surface area contributed by atoms with E-state index in [1.54, 1.807) is 0 Å². The molecule has 2 aromatic rings. The van der Waals surface area contributed by atoms with Gasteiger partial charge in [-0.2, -0.15) is 0 Å². The molecule has 2 rings (SSSR count). The van der Waals surface area contributed by atoms with Gasteiger partial charge >= 0.3 is 0 Å². The Balaban J connectivity index is 2.49. The Labute approximate surface area is 95.6 Å². The fraction of sp³-hybridized carbons (Fsp3) is 0.286. The number of hydrogen-bond donors (Lipinski definition) is 0. The summed E-state index contributed by atoms with van der Waals surface area (Å²) in [6.45, 7) is 6.65. The fourth-order valence-corrected chi connectivity index (χ4v) is 2.75. The van der Waals surface area contributed by atoms with Gasteiger partial charge < -0.3 is 0 Å². The van der Waals surface area contributed by atoms with E-state index in [1.807, 2.05) is 11.3 Å². The Kier molecular flexibility index (Phi) is 2.92. The molecule has 15 heavy (non-hydrogen) atoms. The summed E-state index contributed by atoms with van der Waals surface area (Å²) in [6.07, 6.45) is 0. The predicted octanol–water partition coefficient (Wildman–Crippen LogP) is 4.85. The minimum absolute atomic E-state index is 0.612. The number of thiophene rings is 1. The highest BCUT2D eigenvalue weighted by atomic mass is 32.1. The third kappa shape index (κ3) is 2.13. The quantitative estimate of drug-likeness (QED) is 0.673. The van der Waals surface area contributed by atoms with Gasteiger partial charge in [-0.15, -0.1) is 11.3 Å². The second kappa shape index (κ2) is 4.19. The molecule has 0 saturated carbocycles. The van der Waals surface area contributed by atoms with E-state index in [9.17, 15) is 0 Å². The van der Waals surface area contributed by atoms with Crippen molar-refractivity contribution in [1.29, 1.82) is 0 Å². The van der Waals surface area contributed by atoms with Crippen LogP contribution in [-0.2, 0) is 0 Å². The van der Waals surface area contributed by atoms with Gasteiger partial charge in [0, 0.05) is 4.88 Å². The Morgan fingerprint density at radius 3 is 2.60 bits per heavy atom. The van der Waals surface area contributed by atoms with Crippen molar-refractivity contribution in [3.05, 3.63) is 46.2 Å². The summed E-state index contributed by atoms with van der Waals surface area (Å²) >= 11 is 1.86. The lowest BCUT2D eigenvalue weighted by atomic mass is 10.0. The SMILES string of the molecule is Cc1cccc(-c2ccsc2C(C)C)c1. The van der Waals surface area contributed by atoms with E-state index in [4.69, 9.17) is 0 Å². The third-order valence-corrected chi connectivity index (χ3v) is 3.77. The highest BCUT2D eigenvalue weighted by molar-refractivity contribution is 7.10. The van der Waals surface area contributed by atoms with Crippen molar-refractivity contribution in [2.24, 2.45) is 0 Å².